The number of phenols is 1. The number of rotatable bonds is 4. The van der Waals surface area contributed by atoms with E-state index in [1.807, 2.05) is 9.80 Å². The molecule has 2 saturated heterocycles. The predicted octanol–water partition coefficient (Wildman–Crippen LogP) is 2.19. The molecular formula is C20H28N2O4. The normalized spacial score (nSPS) is 23.5. The molecule has 0 aliphatic carbocycles. The maximum atomic E-state index is 13.0. The number of amides is 2. The lowest BCUT2D eigenvalue weighted by molar-refractivity contribution is -0.139. The lowest BCUT2D eigenvalue weighted by atomic mass is 9.73. The van der Waals surface area contributed by atoms with Crippen molar-refractivity contribution in [2.75, 3.05) is 39.9 Å². The van der Waals surface area contributed by atoms with Gasteiger partial charge in [0.05, 0.1) is 12.2 Å². The predicted molar refractivity (Wildman–Crippen MR) is 98.1 cm³/mol. The second-order valence-electron chi connectivity index (χ2n) is 7.61. The van der Waals surface area contributed by atoms with Crippen LogP contribution in [0.15, 0.2) is 18.2 Å². The number of nitrogens with zero attached hydrogens (tertiary/aromatic N) is 2. The summed E-state index contributed by atoms with van der Waals surface area (Å²) in [5, 5.41) is 10.3. The highest BCUT2D eigenvalue weighted by molar-refractivity contribution is 5.97. The van der Waals surface area contributed by atoms with E-state index < -0.39 is 0 Å². The number of methoxy groups -OCH3 is 1. The Morgan fingerprint density at radius 1 is 1.31 bits per heavy atom. The lowest BCUT2D eigenvalue weighted by Gasteiger charge is -2.48. The minimum atomic E-state index is -0.120. The number of hydrogen-bond donors (Lipinski definition) is 1. The zero-order chi connectivity index (χ0) is 18.7. The van der Waals surface area contributed by atoms with E-state index in [4.69, 9.17) is 4.74 Å². The van der Waals surface area contributed by atoms with E-state index in [1.165, 1.54) is 0 Å². The molecule has 26 heavy (non-hydrogen) atoms. The van der Waals surface area contributed by atoms with E-state index in [-0.39, 0.29) is 23.0 Å². The molecule has 0 saturated carbocycles. The summed E-state index contributed by atoms with van der Waals surface area (Å²) in [5.41, 5.74) is 1.02. The van der Waals surface area contributed by atoms with Gasteiger partial charge in [0.15, 0.2) is 0 Å². The number of hydrogen-bond acceptors (Lipinski definition) is 4. The molecule has 2 amide bonds. The third-order valence-corrected chi connectivity index (χ3v) is 5.73. The molecule has 0 aromatic heterocycles. The first-order valence-electron chi connectivity index (χ1n) is 9.30. The molecule has 1 aromatic rings. The van der Waals surface area contributed by atoms with Crippen molar-refractivity contribution < 1.29 is 19.4 Å². The number of phenolic OH excluding ortho intramolecular Hbond substituents is 1. The third kappa shape index (κ3) is 3.70. The van der Waals surface area contributed by atoms with Gasteiger partial charge < -0.3 is 19.6 Å². The summed E-state index contributed by atoms with van der Waals surface area (Å²) in [4.78, 5) is 28.9. The molecule has 1 spiro atoms. The van der Waals surface area contributed by atoms with Crippen LogP contribution in [0, 0.1) is 12.3 Å². The molecule has 2 aliphatic heterocycles. The molecule has 1 unspecified atom stereocenters. The van der Waals surface area contributed by atoms with Crippen molar-refractivity contribution >= 4 is 11.8 Å². The van der Waals surface area contributed by atoms with E-state index in [0.29, 0.717) is 50.3 Å². The summed E-state index contributed by atoms with van der Waals surface area (Å²) in [7, 11) is 1.64. The van der Waals surface area contributed by atoms with E-state index in [9.17, 15) is 14.7 Å². The number of carbonyl (C=O) groups is 2. The van der Waals surface area contributed by atoms with Crippen molar-refractivity contribution in [3.05, 3.63) is 29.3 Å². The van der Waals surface area contributed by atoms with Gasteiger partial charge >= 0.3 is 0 Å². The van der Waals surface area contributed by atoms with Crippen LogP contribution in [0.25, 0.3) is 0 Å². The first-order valence-corrected chi connectivity index (χ1v) is 9.30. The maximum absolute atomic E-state index is 13.0. The average Bonchev–Trinajstić information content (AvgIpc) is 2.64. The van der Waals surface area contributed by atoms with E-state index >= 15 is 0 Å². The summed E-state index contributed by atoms with van der Waals surface area (Å²) in [5.74, 6) is 0.121. The summed E-state index contributed by atoms with van der Waals surface area (Å²) < 4.78 is 5.12. The second kappa shape index (κ2) is 7.66. The van der Waals surface area contributed by atoms with Gasteiger partial charge in [0.25, 0.3) is 5.91 Å². The molecule has 2 heterocycles. The highest BCUT2D eigenvalue weighted by atomic mass is 16.5. The zero-order valence-corrected chi connectivity index (χ0v) is 15.7. The van der Waals surface area contributed by atoms with Gasteiger partial charge in [-0.15, -0.1) is 0 Å². The van der Waals surface area contributed by atoms with Crippen LogP contribution >= 0.6 is 0 Å². The average molecular weight is 360 g/mol. The van der Waals surface area contributed by atoms with Gasteiger partial charge in [-0.05, 0) is 37.8 Å². The molecule has 0 radical (unpaired) electrons. The van der Waals surface area contributed by atoms with Gasteiger partial charge in [0, 0.05) is 45.1 Å². The number of aromatic hydroxyl groups is 1. The third-order valence-electron chi connectivity index (χ3n) is 5.73. The Bertz CT molecular complexity index is 690. The summed E-state index contributed by atoms with van der Waals surface area (Å²) in [6, 6.07) is 5.28. The Kier molecular flexibility index (Phi) is 5.51. The van der Waals surface area contributed by atoms with Gasteiger partial charge in [-0.2, -0.15) is 0 Å². The van der Waals surface area contributed by atoms with Crippen LogP contribution in [-0.2, 0) is 9.53 Å². The van der Waals surface area contributed by atoms with Crippen LogP contribution in [0.2, 0.25) is 0 Å². The first kappa shape index (κ1) is 18.7. The number of likely N-dealkylation sites (tertiary alicyclic amines) is 2. The van der Waals surface area contributed by atoms with Gasteiger partial charge in [-0.3, -0.25) is 9.59 Å². The number of piperidine rings is 2. The van der Waals surface area contributed by atoms with Crippen LogP contribution in [0.1, 0.15) is 41.6 Å². The molecule has 2 fully saturated rings. The number of para-hydroxylation sites is 1. The number of benzene rings is 1. The zero-order valence-electron chi connectivity index (χ0n) is 15.7. The maximum Gasteiger partial charge on any atom is 0.257 e. The Labute approximate surface area is 154 Å². The van der Waals surface area contributed by atoms with Crippen LogP contribution < -0.4 is 0 Å². The van der Waals surface area contributed by atoms with Gasteiger partial charge in [0.1, 0.15) is 5.75 Å². The Balaban J connectivity index is 1.75. The van der Waals surface area contributed by atoms with Gasteiger partial charge in [-0.25, -0.2) is 0 Å². The molecule has 0 bridgehead atoms. The van der Waals surface area contributed by atoms with E-state index in [1.54, 1.807) is 32.2 Å². The fourth-order valence-corrected chi connectivity index (χ4v) is 4.22. The lowest BCUT2D eigenvalue weighted by Crippen LogP contribution is -2.55. The van der Waals surface area contributed by atoms with E-state index in [0.717, 1.165) is 19.3 Å². The van der Waals surface area contributed by atoms with Crippen LogP contribution in [0.4, 0.5) is 0 Å². The quantitative estimate of drug-likeness (QED) is 0.894. The fourth-order valence-electron chi connectivity index (χ4n) is 4.22. The summed E-state index contributed by atoms with van der Waals surface area (Å²) in [6.07, 6.45) is 3.29. The fraction of sp³-hybridized carbons (Fsp3) is 0.600. The Morgan fingerprint density at radius 3 is 2.88 bits per heavy atom. The molecule has 1 aromatic carbocycles. The van der Waals surface area contributed by atoms with Crippen molar-refractivity contribution in [1.29, 1.82) is 0 Å². The SMILES string of the molecule is COCCN1CC2(CCCN(C(=O)c3cccc(C)c3O)C2)CCC1=O. The van der Waals surface area contributed by atoms with Crippen molar-refractivity contribution in [3.8, 4) is 5.75 Å². The van der Waals surface area contributed by atoms with Crippen molar-refractivity contribution in [2.24, 2.45) is 5.41 Å². The van der Waals surface area contributed by atoms with Gasteiger partial charge in [0.2, 0.25) is 5.91 Å². The Morgan fingerprint density at radius 2 is 2.12 bits per heavy atom. The highest BCUT2D eigenvalue weighted by Gasteiger charge is 2.42. The summed E-state index contributed by atoms with van der Waals surface area (Å²) in [6.45, 7) is 4.93. The smallest absolute Gasteiger partial charge is 0.257 e. The number of ether oxygens (including phenoxy) is 1. The first-order chi connectivity index (χ1) is 12.5. The minimum Gasteiger partial charge on any atom is -0.507 e. The van der Waals surface area contributed by atoms with Gasteiger partial charge in [-0.1, -0.05) is 12.1 Å². The van der Waals surface area contributed by atoms with Crippen molar-refractivity contribution in [1.82, 2.24) is 9.80 Å². The van der Waals surface area contributed by atoms with Crippen LogP contribution in [-0.4, -0.2) is 66.6 Å². The molecule has 142 valence electrons. The molecule has 6 heteroatoms. The molecule has 1 atom stereocenters. The Hall–Kier alpha value is -2.08. The molecule has 2 aliphatic rings. The van der Waals surface area contributed by atoms with Crippen molar-refractivity contribution in [3.63, 3.8) is 0 Å². The monoisotopic (exact) mass is 360 g/mol. The van der Waals surface area contributed by atoms with E-state index in [2.05, 4.69) is 0 Å². The minimum absolute atomic E-state index is 0.0466. The van der Waals surface area contributed by atoms with Crippen LogP contribution in [0.5, 0.6) is 5.75 Å². The standard InChI is InChI=1S/C20H28N2O4/c1-15-5-3-6-16(18(15)24)19(25)22-10-4-8-20(14-22)9-7-17(23)21(13-20)11-12-26-2/h3,5-6,24H,4,7-14H2,1-2H3. The highest BCUT2D eigenvalue weighted by Crippen LogP contribution is 2.39. The summed E-state index contributed by atoms with van der Waals surface area (Å²) >= 11 is 0. The molecule has 1 N–H and O–H groups in total. The van der Waals surface area contributed by atoms with Crippen molar-refractivity contribution in [2.45, 2.75) is 32.6 Å². The topological polar surface area (TPSA) is 70.1 Å². The number of carbonyl (C=O) groups excluding carboxylic acids is 2. The second-order valence-corrected chi connectivity index (χ2v) is 7.61. The molecular weight excluding hydrogens is 332 g/mol. The number of aryl methyl sites for hydroxylation is 1. The largest absolute Gasteiger partial charge is 0.507 e. The molecule has 6 nitrogen and oxygen atoms in total. The molecule has 3 rings (SSSR count). The van der Waals surface area contributed by atoms with Crippen LogP contribution in [0.3, 0.4) is 0 Å².